The summed E-state index contributed by atoms with van der Waals surface area (Å²) in [5.41, 5.74) is 0. The van der Waals surface area contributed by atoms with Crippen molar-refractivity contribution in [3.8, 4) is 17.2 Å². The molecule has 0 aromatic heterocycles. The van der Waals surface area contributed by atoms with Gasteiger partial charge in [-0.1, -0.05) is 6.07 Å². The molecule has 0 spiro atoms. The fraction of sp³-hybridized carbons (Fsp3) is 0.111. The first kappa shape index (κ1) is 13.6. The highest BCUT2D eigenvalue weighted by Gasteiger charge is 2.02. The van der Waals surface area contributed by atoms with Crippen LogP contribution in [0.1, 0.15) is 6.42 Å². The van der Waals surface area contributed by atoms with E-state index < -0.39 is 24.1 Å². The molecule has 0 saturated heterocycles. The predicted octanol–water partition coefficient (Wildman–Crippen LogP) is 0.349. The van der Waals surface area contributed by atoms with Crippen molar-refractivity contribution in [2.24, 2.45) is 0 Å². The van der Waals surface area contributed by atoms with Crippen LogP contribution in [-0.2, 0) is 9.59 Å². The molecule has 16 heavy (non-hydrogen) atoms. The number of hydrogen-bond donors (Lipinski definition) is 5. The van der Waals surface area contributed by atoms with Crippen molar-refractivity contribution in [2.75, 3.05) is 0 Å². The zero-order valence-corrected chi connectivity index (χ0v) is 7.99. The fourth-order valence-corrected chi connectivity index (χ4v) is 0.649. The summed E-state index contributed by atoms with van der Waals surface area (Å²) >= 11 is 0. The molecule has 0 amide bonds. The summed E-state index contributed by atoms with van der Waals surface area (Å²) < 4.78 is 0. The standard InChI is InChI=1S/C6H6O3.C3H4O4/c7-4-2-1-3-5(8)6(4)9;4-2(5)1-3(6)7/h1-3,7-9H;1H2,(H,4,5)(H,6,7). The molecule has 0 heterocycles. The van der Waals surface area contributed by atoms with Gasteiger partial charge in [-0.15, -0.1) is 0 Å². The number of phenols is 3. The highest BCUT2D eigenvalue weighted by molar-refractivity contribution is 5.88. The Labute approximate surface area is 89.8 Å². The van der Waals surface area contributed by atoms with Crippen LogP contribution in [0.15, 0.2) is 18.2 Å². The summed E-state index contributed by atoms with van der Waals surface area (Å²) in [5.74, 6) is -3.72. The zero-order chi connectivity index (χ0) is 12.7. The molecule has 0 aliphatic rings. The Hall–Kier alpha value is -2.44. The minimum absolute atomic E-state index is 0.310. The van der Waals surface area contributed by atoms with Crippen LogP contribution >= 0.6 is 0 Å². The lowest BCUT2D eigenvalue weighted by Gasteiger charge is -1.96. The van der Waals surface area contributed by atoms with Gasteiger partial charge in [-0.3, -0.25) is 9.59 Å². The number of hydrogen-bond acceptors (Lipinski definition) is 5. The molecule has 0 bridgehead atoms. The van der Waals surface area contributed by atoms with E-state index in [4.69, 9.17) is 25.5 Å². The third kappa shape index (κ3) is 5.32. The van der Waals surface area contributed by atoms with E-state index in [1.54, 1.807) is 0 Å². The quantitative estimate of drug-likeness (QED) is 0.365. The van der Waals surface area contributed by atoms with E-state index in [9.17, 15) is 9.59 Å². The summed E-state index contributed by atoms with van der Waals surface area (Å²) in [6.45, 7) is 0. The molecule has 0 radical (unpaired) electrons. The number of carboxylic acid groups (broad SMARTS) is 2. The highest BCUT2D eigenvalue weighted by atomic mass is 16.4. The lowest BCUT2D eigenvalue weighted by Crippen LogP contribution is -2.03. The lowest BCUT2D eigenvalue weighted by atomic mass is 10.3. The van der Waals surface area contributed by atoms with Crippen LogP contribution in [0.2, 0.25) is 0 Å². The maximum absolute atomic E-state index is 9.43. The molecule has 7 heteroatoms. The van der Waals surface area contributed by atoms with Gasteiger partial charge in [0.1, 0.15) is 6.42 Å². The number of aromatic hydroxyl groups is 3. The van der Waals surface area contributed by atoms with Crippen LogP contribution in [0.4, 0.5) is 0 Å². The number of para-hydroxylation sites is 1. The minimum Gasteiger partial charge on any atom is -0.504 e. The van der Waals surface area contributed by atoms with Crippen molar-refractivity contribution in [1.82, 2.24) is 0 Å². The first-order valence-electron chi connectivity index (χ1n) is 3.98. The van der Waals surface area contributed by atoms with Crippen molar-refractivity contribution in [2.45, 2.75) is 6.42 Å². The van der Waals surface area contributed by atoms with E-state index >= 15 is 0 Å². The number of aliphatic carboxylic acids is 2. The van der Waals surface area contributed by atoms with Gasteiger partial charge < -0.3 is 25.5 Å². The second-order valence-corrected chi connectivity index (χ2v) is 2.61. The van der Waals surface area contributed by atoms with E-state index in [1.807, 2.05) is 0 Å². The third-order valence-corrected chi connectivity index (χ3v) is 1.30. The Kier molecular flexibility index (Phi) is 5.19. The predicted molar refractivity (Wildman–Crippen MR) is 51.3 cm³/mol. The summed E-state index contributed by atoms with van der Waals surface area (Å²) in [4.78, 5) is 18.9. The van der Waals surface area contributed by atoms with Gasteiger partial charge >= 0.3 is 11.9 Å². The van der Waals surface area contributed by atoms with Crippen molar-refractivity contribution in [3.63, 3.8) is 0 Å². The molecule has 0 fully saturated rings. The SMILES string of the molecule is O=C(O)CC(=O)O.Oc1cccc(O)c1O. The minimum atomic E-state index is -1.31. The molecule has 1 aromatic rings. The molecule has 0 aliphatic carbocycles. The average molecular weight is 230 g/mol. The summed E-state index contributed by atoms with van der Waals surface area (Å²) in [5, 5.41) is 41.5. The molecule has 1 aromatic carbocycles. The second-order valence-electron chi connectivity index (χ2n) is 2.61. The molecule has 0 saturated carbocycles. The smallest absolute Gasteiger partial charge is 0.314 e. The van der Waals surface area contributed by atoms with Crippen LogP contribution in [0, 0.1) is 0 Å². The fourth-order valence-electron chi connectivity index (χ4n) is 0.649. The van der Waals surface area contributed by atoms with Crippen molar-refractivity contribution in [1.29, 1.82) is 0 Å². The molecule has 0 unspecified atom stereocenters. The van der Waals surface area contributed by atoms with Crippen LogP contribution in [-0.4, -0.2) is 37.5 Å². The number of carbonyl (C=O) groups is 2. The first-order chi connectivity index (χ1) is 7.34. The van der Waals surface area contributed by atoms with Crippen molar-refractivity contribution < 1.29 is 35.1 Å². The van der Waals surface area contributed by atoms with Crippen LogP contribution in [0.25, 0.3) is 0 Å². The summed E-state index contributed by atoms with van der Waals surface area (Å²) in [6.07, 6.45) is -0.806. The van der Waals surface area contributed by atoms with Crippen molar-refractivity contribution in [3.05, 3.63) is 18.2 Å². The molecule has 88 valence electrons. The molecule has 5 N–H and O–H groups in total. The Balaban J connectivity index is 0.000000293. The summed E-state index contributed by atoms with van der Waals surface area (Å²) in [6, 6.07) is 4.01. The molecule has 0 aliphatic heterocycles. The Morgan fingerprint density at radius 3 is 1.50 bits per heavy atom. The third-order valence-electron chi connectivity index (χ3n) is 1.30. The van der Waals surface area contributed by atoms with Crippen molar-refractivity contribution >= 4 is 11.9 Å². The number of phenolic OH excluding ortho intramolecular Hbond substituents is 3. The topological polar surface area (TPSA) is 135 Å². The molecular weight excluding hydrogens is 220 g/mol. The monoisotopic (exact) mass is 230 g/mol. The average Bonchev–Trinajstić information content (AvgIpc) is 2.12. The van der Waals surface area contributed by atoms with Gasteiger partial charge in [0, 0.05) is 0 Å². The largest absolute Gasteiger partial charge is 0.504 e. The maximum atomic E-state index is 9.43. The molecular formula is C9H10O7. The molecule has 1 rings (SSSR count). The van der Waals surface area contributed by atoms with Gasteiger partial charge in [-0.2, -0.15) is 0 Å². The van der Waals surface area contributed by atoms with Crippen LogP contribution in [0.5, 0.6) is 17.2 Å². The molecule has 7 nitrogen and oxygen atoms in total. The van der Waals surface area contributed by atoms with Crippen LogP contribution in [0.3, 0.4) is 0 Å². The second kappa shape index (κ2) is 6.12. The number of carboxylic acids is 2. The van der Waals surface area contributed by atoms with Gasteiger partial charge in [0.2, 0.25) is 0 Å². The van der Waals surface area contributed by atoms with E-state index in [1.165, 1.54) is 18.2 Å². The van der Waals surface area contributed by atoms with E-state index in [-0.39, 0.29) is 11.5 Å². The number of benzene rings is 1. The number of rotatable bonds is 2. The van der Waals surface area contributed by atoms with E-state index in [0.717, 1.165) is 0 Å². The Morgan fingerprint density at radius 1 is 0.938 bits per heavy atom. The normalized spacial score (nSPS) is 8.75. The van der Waals surface area contributed by atoms with Gasteiger partial charge in [0.25, 0.3) is 0 Å². The molecule has 0 atom stereocenters. The summed E-state index contributed by atoms with van der Waals surface area (Å²) in [7, 11) is 0. The maximum Gasteiger partial charge on any atom is 0.314 e. The lowest BCUT2D eigenvalue weighted by molar-refractivity contribution is -0.147. The van der Waals surface area contributed by atoms with E-state index in [0.29, 0.717) is 0 Å². The highest BCUT2D eigenvalue weighted by Crippen LogP contribution is 2.32. The van der Waals surface area contributed by atoms with E-state index in [2.05, 4.69) is 0 Å². The van der Waals surface area contributed by atoms with Gasteiger partial charge in [0.15, 0.2) is 17.2 Å². The Bertz CT molecular complexity index is 353. The van der Waals surface area contributed by atoms with Gasteiger partial charge in [-0.05, 0) is 12.1 Å². The zero-order valence-electron chi connectivity index (χ0n) is 7.99. The van der Waals surface area contributed by atoms with Gasteiger partial charge in [-0.25, -0.2) is 0 Å². The van der Waals surface area contributed by atoms with Crippen LogP contribution < -0.4 is 0 Å². The Morgan fingerprint density at radius 2 is 1.31 bits per heavy atom. The first-order valence-corrected chi connectivity index (χ1v) is 3.98. The van der Waals surface area contributed by atoms with Gasteiger partial charge in [0.05, 0.1) is 0 Å².